The Morgan fingerprint density at radius 2 is 1.32 bits per heavy atom. The van der Waals surface area contributed by atoms with Crippen LogP contribution in [-0.4, -0.2) is 202 Å². The van der Waals surface area contributed by atoms with Crippen molar-refractivity contribution in [3.63, 3.8) is 0 Å². The molecular formula is C45H49O27+. The quantitative estimate of drug-likeness (QED) is 0.0190. The summed E-state index contributed by atoms with van der Waals surface area (Å²) in [7, 11) is 1.32. The summed E-state index contributed by atoms with van der Waals surface area (Å²) in [4.78, 5) is 35.8. The van der Waals surface area contributed by atoms with Crippen LogP contribution in [0.4, 0.5) is 0 Å². The summed E-state index contributed by atoms with van der Waals surface area (Å²) in [6.07, 6.45) is -25.4. The molecule has 0 aliphatic carbocycles. The maximum atomic E-state index is 12.9. The fourth-order valence-corrected chi connectivity index (χ4v) is 7.55. The maximum absolute atomic E-state index is 12.9. The first kappa shape index (κ1) is 53.0. The Kier molecular flexibility index (Phi) is 16.4. The molecule has 3 fully saturated rings. The minimum atomic E-state index is -2.10. The minimum absolute atomic E-state index is 0.102. The molecule has 0 amide bonds. The lowest BCUT2D eigenvalue weighted by atomic mass is 9.98. The number of carboxylic acid groups (broad SMARTS) is 1. The number of phenols is 5. The van der Waals surface area contributed by atoms with E-state index < -0.39 is 170 Å². The maximum Gasteiger partial charge on any atom is 0.402 e. The largest absolute Gasteiger partial charge is 0.507 e. The molecule has 27 nitrogen and oxygen atoms in total. The van der Waals surface area contributed by atoms with Crippen LogP contribution in [0, 0.1) is 0 Å². The van der Waals surface area contributed by atoms with E-state index in [0.717, 1.165) is 36.4 Å². The zero-order chi connectivity index (χ0) is 52.3. The molecule has 3 saturated heterocycles. The molecule has 4 heterocycles. The van der Waals surface area contributed by atoms with Gasteiger partial charge >= 0.3 is 29.3 Å². The average molecular weight is 1020 g/mol. The van der Waals surface area contributed by atoms with Gasteiger partial charge in [0.25, 0.3) is 0 Å². The predicted octanol–water partition coefficient (Wildman–Crippen LogP) is -1.97. The molecule has 390 valence electrons. The number of phenolic OH excluding ortho intramolecular Hbond substituents is 5. The molecule has 3 aromatic carbocycles. The monoisotopic (exact) mass is 1020 g/mol. The number of aromatic hydroxyl groups is 5. The van der Waals surface area contributed by atoms with Crippen molar-refractivity contribution < 1.29 is 133 Å². The number of rotatable bonds is 16. The molecule has 3 aliphatic heterocycles. The van der Waals surface area contributed by atoms with E-state index in [-0.39, 0.29) is 28.0 Å². The summed E-state index contributed by atoms with van der Waals surface area (Å²) in [5.74, 6) is -8.61. The number of aliphatic hydroxyl groups excluding tert-OH is 8. The van der Waals surface area contributed by atoms with E-state index in [1.165, 1.54) is 31.4 Å². The van der Waals surface area contributed by atoms with Crippen molar-refractivity contribution in [3.8, 4) is 57.3 Å². The standard InChI is InChI=1S/C45H48O27/c1-63-26-6-16(2-4-20(26)47)3-5-31(53)64-14-29-36(58)38(60)42(72-43-39(61)34(56)23(50)13-66-43)45(71-29)69-27-11-19-24(67-41(27)17-7-21(48)33(55)22(49)8-17)9-18(46)10-25(19)68-44-40(62)37(59)35(57)28(70-44)15-65-32(54)12-30(51)52/h2-11,23,28-29,34-40,42-45,50,56-62H,12-15H2,1H3,(H5-,46,47,48,49,51,52,53,55)/p+1/t23-,28-,29-,34+,35-,36-,37+,38+,39-,40-,42-,43+,44-,45-/m1/s1. The van der Waals surface area contributed by atoms with Crippen molar-refractivity contribution in [2.24, 2.45) is 0 Å². The van der Waals surface area contributed by atoms with E-state index in [1.807, 2.05) is 0 Å². The second kappa shape index (κ2) is 22.3. The minimum Gasteiger partial charge on any atom is -0.507 e. The number of carboxylic acids is 1. The molecule has 7 rings (SSSR count). The molecule has 0 spiro atoms. The van der Waals surface area contributed by atoms with Gasteiger partial charge in [-0.3, -0.25) is 9.59 Å². The Bertz CT molecular complexity index is 2620. The number of carbonyl (C=O) groups is 3. The topological polar surface area (TPSA) is 429 Å². The zero-order valence-corrected chi connectivity index (χ0v) is 37.3. The van der Waals surface area contributed by atoms with E-state index in [2.05, 4.69) is 0 Å². The molecule has 4 aromatic rings. The molecule has 0 radical (unpaired) electrons. The van der Waals surface area contributed by atoms with Gasteiger partial charge in [-0.25, -0.2) is 9.21 Å². The van der Waals surface area contributed by atoms with Crippen LogP contribution in [-0.2, 0) is 42.8 Å². The number of aliphatic carboxylic acids is 1. The molecule has 27 heteroatoms. The number of hydrogen-bond acceptors (Lipinski definition) is 25. The first-order valence-corrected chi connectivity index (χ1v) is 21.5. The normalized spacial score (nSPS) is 29.6. The second-order valence-electron chi connectivity index (χ2n) is 16.4. The van der Waals surface area contributed by atoms with E-state index in [9.17, 15) is 80.8 Å². The van der Waals surface area contributed by atoms with E-state index >= 15 is 0 Å². The highest BCUT2D eigenvalue weighted by Crippen LogP contribution is 2.46. The summed E-state index contributed by atoms with van der Waals surface area (Å²) >= 11 is 0. The van der Waals surface area contributed by atoms with Gasteiger partial charge in [0.2, 0.25) is 18.3 Å². The van der Waals surface area contributed by atoms with Crippen LogP contribution >= 0.6 is 0 Å². The first-order chi connectivity index (χ1) is 34.1. The number of fused-ring (bicyclic) bond motifs is 1. The van der Waals surface area contributed by atoms with Gasteiger partial charge in [-0.2, -0.15) is 0 Å². The van der Waals surface area contributed by atoms with Crippen molar-refractivity contribution in [1.82, 2.24) is 0 Å². The van der Waals surface area contributed by atoms with Gasteiger partial charge in [0.1, 0.15) is 97.6 Å². The van der Waals surface area contributed by atoms with Crippen molar-refractivity contribution in [2.45, 2.75) is 92.4 Å². The number of hydrogen-bond donors (Lipinski definition) is 14. The summed E-state index contributed by atoms with van der Waals surface area (Å²) in [5, 5.41) is 147. The van der Waals surface area contributed by atoms with Crippen LogP contribution in [0.1, 0.15) is 12.0 Å². The van der Waals surface area contributed by atoms with Crippen molar-refractivity contribution in [3.05, 3.63) is 60.2 Å². The van der Waals surface area contributed by atoms with E-state index in [0.29, 0.717) is 5.56 Å². The van der Waals surface area contributed by atoms with Gasteiger partial charge < -0.3 is 114 Å². The number of ether oxygens (including phenoxy) is 9. The number of carbonyl (C=O) groups excluding carboxylic acids is 2. The van der Waals surface area contributed by atoms with Gasteiger partial charge in [-0.05, 0) is 23.8 Å². The van der Waals surface area contributed by atoms with Crippen molar-refractivity contribution >= 4 is 35.0 Å². The van der Waals surface area contributed by atoms with Gasteiger partial charge in [0.15, 0.2) is 41.1 Å². The Balaban J connectivity index is 1.26. The smallest absolute Gasteiger partial charge is 0.402 e. The molecular weight excluding hydrogens is 972 g/mol. The van der Waals surface area contributed by atoms with Crippen LogP contribution in [0.3, 0.4) is 0 Å². The molecule has 0 unspecified atom stereocenters. The van der Waals surface area contributed by atoms with Crippen molar-refractivity contribution in [2.75, 3.05) is 26.9 Å². The van der Waals surface area contributed by atoms with Crippen LogP contribution in [0.2, 0.25) is 0 Å². The Hall–Kier alpha value is -6.86. The summed E-state index contributed by atoms with van der Waals surface area (Å²) < 4.78 is 56.4. The number of esters is 2. The van der Waals surface area contributed by atoms with Gasteiger partial charge in [0, 0.05) is 30.3 Å². The summed E-state index contributed by atoms with van der Waals surface area (Å²) in [5.41, 5.74) is -0.179. The second-order valence-corrected chi connectivity index (χ2v) is 16.4. The molecule has 0 bridgehead atoms. The van der Waals surface area contributed by atoms with Crippen LogP contribution < -0.4 is 14.2 Å². The van der Waals surface area contributed by atoms with Crippen LogP contribution in [0.25, 0.3) is 28.4 Å². The number of benzene rings is 3. The van der Waals surface area contributed by atoms with Gasteiger partial charge in [0.05, 0.1) is 25.3 Å². The van der Waals surface area contributed by atoms with Crippen LogP contribution in [0.15, 0.2) is 59.0 Å². The van der Waals surface area contributed by atoms with E-state index in [4.69, 9.17) is 52.2 Å². The molecule has 72 heavy (non-hydrogen) atoms. The highest BCUT2D eigenvalue weighted by atomic mass is 16.8. The highest BCUT2D eigenvalue weighted by Gasteiger charge is 2.51. The van der Waals surface area contributed by atoms with E-state index in [1.54, 1.807) is 0 Å². The van der Waals surface area contributed by atoms with Gasteiger partial charge in [-0.1, -0.05) is 6.07 Å². The Labute approximate surface area is 404 Å². The lowest BCUT2D eigenvalue weighted by molar-refractivity contribution is -0.345. The Morgan fingerprint density at radius 1 is 0.681 bits per heavy atom. The lowest BCUT2D eigenvalue weighted by Crippen LogP contribution is -2.64. The van der Waals surface area contributed by atoms with Crippen molar-refractivity contribution in [1.29, 1.82) is 0 Å². The summed E-state index contributed by atoms with van der Waals surface area (Å²) in [6, 6.07) is 9.05. The third-order valence-corrected chi connectivity index (χ3v) is 11.4. The first-order valence-electron chi connectivity index (χ1n) is 21.5. The molecule has 14 N–H and O–H groups in total. The van der Waals surface area contributed by atoms with Gasteiger partial charge in [-0.15, -0.1) is 0 Å². The SMILES string of the molecule is COc1cc(C=CC(=O)OC[C@H]2O[C@@H](Oc3cc4c(O[C@@H]5O[C@H](COC(=O)CC(=O)O)[C@@H](O)[C@H](O)[C@H]5O)cc(O)cc4[o+]c3-c3cc(O)c(O)c(O)c3)[C@H](O[C@@H]3OC[C@@H](O)[C@H](O)[C@H]3O)[C@@H](O)[C@@H]2O)ccc1O. The highest BCUT2D eigenvalue weighted by molar-refractivity contribution is 5.90. The molecule has 3 aliphatic rings. The molecule has 14 atom stereocenters. The molecule has 1 aromatic heterocycles. The summed E-state index contributed by atoms with van der Waals surface area (Å²) in [6.45, 7) is -2.22. The zero-order valence-electron chi connectivity index (χ0n) is 37.3. The van der Waals surface area contributed by atoms with Crippen LogP contribution in [0.5, 0.6) is 46.0 Å². The average Bonchev–Trinajstić information content (AvgIpc) is 3.33. The molecule has 0 saturated carbocycles. The fraction of sp³-hybridized carbons (Fsp3) is 0.422. The third-order valence-electron chi connectivity index (χ3n) is 11.4. The Morgan fingerprint density at radius 3 is 2.00 bits per heavy atom. The third kappa shape index (κ3) is 11.7. The fourth-order valence-electron chi connectivity index (χ4n) is 7.55. The lowest BCUT2D eigenvalue weighted by Gasteiger charge is -2.44. The predicted molar refractivity (Wildman–Crippen MR) is 232 cm³/mol. The number of aliphatic hydroxyl groups is 8. The number of methoxy groups -OCH3 is 1.